The highest BCUT2D eigenvalue weighted by atomic mass is 35.5. The first-order valence-corrected chi connectivity index (χ1v) is 6.22. The summed E-state index contributed by atoms with van der Waals surface area (Å²) in [6.45, 7) is 2.16. The third-order valence-electron chi connectivity index (χ3n) is 3.11. The number of likely N-dealkylation sites (tertiary alicyclic amines) is 1. The fraction of sp³-hybridized carbons (Fsp3) is 0.462. The molecule has 1 heterocycles. The van der Waals surface area contributed by atoms with Crippen molar-refractivity contribution in [2.75, 3.05) is 25.5 Å². The lowest BCUT2D eigenvalue weighted by Gasteiger charge is -2.31. The Morgan fingerprint density at radius 3 is 3.06 bits per heavy atom. The van der Waals surface area contributed by atoms with Gasteiger partial charge in [0.25, 0.3) is 0 Å². The Kier molecular flexibility index (Phi) is 3.88. The van der Waals surface area contributed by atoms with Crippen LogP contribution in [0.15, 0.2) is 18.2 Å². The second-order valence-electron chi connectivity index (χ2n) is 4.52. The molecule has 0 aliphatic carbocycles. The van der Waals surface area contributed by atoms with E-state index in [9.17, 15) is 0 Å². The smallest absolute Gasteiger partial charge is 0.103 e. The Balaban J connectivity index is 2.13. The highest BCUT2D eigenvalue weighted by molar-refractivity contribution is 6.32. The van der Waals surface area contributed by atoms with Crippen molar-refractivity contribution < 1.29 is 0 Å². The first kappa shape index (κ1) is 12.2. The largest absolute Gasteiger partial charge is 0.380 e. The second kappa shape index (κ2) is 5.39. The van der Waals surface area contributed by atoms with E-state index in [-0.39, 0.29) is 0 Å². The van der Waals surface area contributed by atoms with E-state index in [0.29, 0.717) is 16.6 Å². The summed E-state index contributed by atoms with van der Waals surface area (Å²) in [5, 5.41) is 13.0. The molecule has 0 amide bonds. The molecule has 17 heavy (non-hydrogen) atoms. The zero-order valence-corrected chi connectivity index (χ0v) is 10.7. The van der Waals surface area contributed by atoms with E-state index in [0.717, 1.165) is 25.2 Å². The van der Waals surface area contributed by atoms with Gasteiger partial charge >= 0.3 is 0 Å². The number of rotatable bonds is 2. The number of anilines is 1. The summed E-state index contributed by atoms with van der Waals surface area (Å²) in [5.41, 5.74) is 1.39. The molecule has 3 nitrogen and oxygen atoms in total. The number of nitriles is 1. The molecule has 1 N–H and O–H groups in total. The molecule has 2 rings (SSSR count). The van der Waals surface area contributed by atoms with Gasteiger partial charge in [-0.2, -0.15) is 5.26 Å². The molecule has 1 aliphatic heterocycles. The number of halogens is 1. The summed E-state index contributed by atoms with van der Waals surface area (Å²) in [6.07, 6.45) is 2.33. The molecule has 4 heteroatoms. The Bertz CT molecular complexity index is 439. The van der Waals surface area contributed by atoms with Gasteiger partial charge in [0, 0.05) is 12.6 Å². The number of piperidine rings is 1. The van der Waals surface area contributed by atoms with Crippen LogP contribution in [0.3, 0.4) is 0 Å². The molecule has 0 spiro atoms. The predicted molar refractivity (Wildman–Crippen MR) is 70.3 cm³/mol. The van der Waals surface area contributed by atoms with Crippen molar-refractivity contribution in [1.29, 1.82) is 5.26 Å². The van der Waals surface area contributed by atoms with Crippen LogP contribution in [0.25, 0.3) is 0 Å². The Morgan fingerprint density at radius 2 is 2.35 bits per heavy atom. The molecule has 1 aromatic carbocycles. The zero-order valence-electron chi connectivity index (χ0n) is 9.91. The molecular weight excluding hydrogens is 234 g/mol. The van der Waals surface area contributed by atoms with Gasteiger partial charge in [-0.25, -0.2) is 0 Å². The normalized spacial score (nSPS) is 20.9. The summed E-state index contributed by atoms with van der Waals surface area (Å²) >= 11 is 6.00. The summed E-state index contributed by atoms with van der Waals surface area (Å²) in [5.74, 6) is 0. The van der Waals surface area contributed by atoms with Crippen LogP contribution in [0.1, 0.15) is 18.4 Å². The molecule has 1 saturated heterocycles. The molecule has 0 aromatic heterocycles. The van der Waals surface area contributed by atoms with Crippen LogP contribution >= 0.6 is 11.6 Å². The third-order valence-corrected chi connectivity index (χ3v) is 3.42. The van der Waals surface area contributed by atoms with Gasteiger partial charge in [0.05, 0.1) is 16.3 Å². The van der Waals surface area contributed by atoms with Crippen LogP contribution in [0.4, 0.5) is 5.69 Å². The predicted octanol–water partition coefficient (Wildman–Crippen LogP) is 2.72. The quantitative estimate of drug-likeness (QED) is 0.876. The number of hydrogen-bond donors (Lipinski definition) is 1. The van der Waals surface area contributed by atoms with Crippen LogP contribution in [-0.2, 0) is 0 Å². The van der Waals surface area contributed by atoms with Gasteiger partial charge in [0.2, 0.25) is 0 Å². The van der Waals surface area contributed by atoms with E-state index in [4.69, 9.17) is 16.9 Å². The minimum Gasteiger partial charge on any atom is -0.380 e. The maximum Gasteiger partial charge on any atom is 0.103 e. The lowest BCUT2D eigenvalue weighted by atomic mass is 10.1. The van der Waals surface area contributed by atoms with Gasteiger partial charge < -0.3 is 10.2 Å². The van der Waals surface area contributed by atoms with Crippen molar-refractivity contribution in [3.05, 3.63) is 28.8 Å². The SMILES string of the molecule is CN1CCCC(Nc2cccc(Cl)c2C#N)C1. The molecule has 1 atom stereocenters. The van der Waals surface area contributed by atoms with Gasteiger partial charge in [-0.3, -0.25) is 0 Å². The molecule has 0 bridgehead atoms. The van der Waals surface area contributed by atoms with Crippen LogP contribution in [0.5, 0.6) is 0 Å². The minimum absolute atomic E-state index is 0.402. The summed E-state index contributed by atoms with van der Waals surface area (Å²) in [4.78, 5) is 2.30. The highest BCUT2D eigenvalue weighted by Crippen LogP contribution is 2.25. The second-order valence-corrected chi connectivity index (χ2v) is 4.93. The minimum atomic E-state index is 0.402. The lowest BCUT2D eigenvalue weighted by Crippen LogP contribution is -2.39. The number of nitrogens with one attached hydrogen (secondary N) is 1. The summed E-state index contributed by atoms with van der Waals surface area (Å²) in [7, 11) is 2.12. The number of nitrogens with zero attached hydrogens (tertiary/aromatic N) is 2. The fourth-order valence-corrected chi connectivity index (χ4v) is 2.48. The third kappa shape index (κ3) is 2.91. The van der Waals surface area contributed by atoms with Gasteiger partial charge in [0.1, 0.15) is 6.07 Å². The van der Waals surface area contributed by atoms with E-state index in [1.165, 1.54) is 6.42 Å². The van der Waals surface area contributed by atoms with E-state index >= 15 is 0 Å². The van der Waals surface area contributed by atoms with E-state index < -0.39 is 0 Å². The van der Waals surface area contributed by atoms with Crippen molar-refractivity contribution in [3.8, 4) is 6.07 Å². The maximum absolute atomic E-state index is 9.10. The standard InChI is InChI=1S/C13H16ClN3/c1-17-7-3-4-10(9-17)16-13-6-2-5-12(14)11(13)8-15/h2,5-6,10,16H,3-4,7,9H2,1H3. The molecule has 1 unspecified atom stereocenters. The molecule has 1 aliphatic rings. The van der Waals surface area contributed by atoms with Gasteiger partial charge in [-0.15, -0.1) is 0 Å². The maximum atomic E-state index is 9.10. The molecular formula is C13H16ClN3. The average molecular weight is 250 g/mol. The van der Waals surface area contributed by atoms with Crippen molar-refractivity contribution in [3.63, 3.8) is 0 Å². The first-order valence-electron chi connectivity index (χ1n) is 5.84. The van der Waals surface area contributed by atoms with Crippen LogP contribution in [-0.4, -0.2) is 31.1 Å². The summed E-state index contributed by atoms with van der Waals surface area (Å²) < 4.78 is 0. The van der Waals surface area contributed by atoms with Crippen molar-refractivity contribution in [2.24, 2.45) is 0 Å². The molecule has 1 fully saturated rings. The first-order chi connectivity index (χ1) is 8.20. The topological polar surface area (TPSA) is 39.1 Å². The van der Waals surface area contributed by atoms with Gasteiger partial charge in [-0.1, -0.05) is 17.7 Å². The van der Waals surface area contributed by atoms with Crippen molar-refractivity contribution >= 4 is 17.3 Å². The van der Waals surface area contributed by atoms with E-state index in [1.54, 1.807) is 6.07 Å². The molecule has 90 valence electrons. The van der Waals surface area contributed by atoms with E-state index in [2.05, 4.69) is 23.3 Å². The zero-order chi connectivity index (χ0) is 12.3. The van der Waals surface area contributed by atoms with Crippen LogP contribution in [0, 0.1) is 11.3 Å². The van der Waals surface area contributed by atoms with Crippen LogP contribution in [0.2, 0.25) is 5.02 Å². The van der Waals surface area contributed by atoms with Gasteiger partial charge in [0.15, 0.2) is 0 Å². The van der Waals surface area contributed by atoms with Gasteiger partial charge in [-0.05, 0) is 38.6 Å². The van der Waals surface area contributed by atoms with E-state index in [1.807, 2.05) is 12.1 Å². The molecule has 0 radical (unpaired) electrons. The van der Waals surface area contributed by atoms with Crippen LogP contribution < -0.4 is 5.32 Å². The number of likely N-dealkylation sites (N-methyl/N-ethyl adjacent to an activating group) is 1. The number of hydrogen-bond acceptors (Lipinski definition) is 3. The number of benzene rings is 1. The fourth-order valence-electron chi connectivity index (χ4n) is 2.26. The lowest BCUT2D eigenvalue weighted by molar-refractivity contribution is 0.261. The average Bonchev–Trinajstić information content (AvgIpc) is 2.29. The van der Waals surface area contributed by atoms with Crippen molar-refractivity contribution in [1.82, 2.24) is 4.90 Å². The monoisotopic (exact) mass is 249 g/mol. The Labute approximate surface area is 107 Å². The van der Waals surface area contributed by atoms with Crippen molar-refractivity contribution in [2.45, 2.75) is 18.9 Å². The summed E-state index contributed by atoms with van der Waals surface area (Å²) in [6, 6.07) is 8.10. The Morgan fingerprint density at radius 1 is 1.53 bits per heavy atom. The molecule has 0 saturated carbocycles. The Hall–Kier alpha value is -1.24. The molecule has 1 aromatic rings. The highest BCUT2D eigenvalue weighted by Gasteiger charge is 2.18.